The van der Waals surface area contributed by atoms with E-state index in [0.29, 0.717) is 12.2 Å². The van der Waals surface area contributed by atoms with Crippen molar-refractivity contribution in [2.24, 2.45) is 5.41 Å². The van der Waals surface area contributed by atoms with E-state index >= 15 is 0 Å². The van der Waals surface area contributed by atoms with Gasteiger partial charge in [0.15, 0.2) is 6.10 Å². The van der Waals surface area contributed by atoms with Gasteiger partial charge in [-0.25, -0.2) is 4.79 Å². The molecule has 1 aromatic carbocycles. The molecule has 6 atom stereocenters. The summed E-state index contributed by atoms with van der Waals surface area (Å²) in [6.45, 7) is 4.94. The second kappa shape index (κ2) is 7.21. The molecule has 3 heterocycles. The number of ether oxygens (including phenoxy) is 3. The monoisotopic (exact) mass is 456 g/mol. The number of hydrogen-bond acceptors (Lipinski definition) is 8. The number of likely N-dealkylation sites (N-methyl/N-ethyl adjacent to an activating group) is 1. The van der Waals surface area contributed by atoms with Crippen LogP contribution in [-0.2, 0) is 24.5 Å². The molecule has 1 saturated carbocycles. The van der Waals surface area contributed by atoms with Gasteiger partial charge in [-0.2, -0.15) is 0 Å². The van der Waals surface area contributed by atoms with E-state index in [1.54, 1.807) is 7.11 Å². The molecule has 2 fully saturated rings. The molecule has 1 saturated heterocycles. The summed E-state index contributed by atoms with van der Waals surface area (Å²) in [6, 6.07) is 5.22. The first-order valence-electron chi connectivity index (χ1n) is 11.5. The molecular weight excluding hydrogens is 424 g/mol. The van der Waals surface area contributed by atoms with Crippen LogP contribution in [0.1, 0.15) is 32.3 Å². The summed E-state index contributed by atoms with van der Waals surface area (Å²) in [4.78, 5) is 30.2. The van der Waals surface area contributed by atoms with Crippen LogP contribution >= 0.6 is 0 Å². The molecule has 1 spiro atoms. The van der Waals surface area contributed by atoms with Crippen molar-refractivity contribution in [3.05, 3.63) is 35.9 Å². The summed E-state index contributed by atoms with van der Waals surface area (Å²) < 4.78 is 16.6. The molecule has 0 bridgehead atoms. The SMILES string of the molecule is CC[C@]12C=CCN3CC[C@]4(c5ccc(OC)cc5N(C)[C@H]4[C@](O)(C(=O)OC)[C@@H]1OC(C)=O)[C@@H]32. The standard InChI is InChI=1S/C25H32N2O6/c1-6-23-10-7-12-27-13-11-24(19(23)27)17-9-8-16(31-4)14-18(17)26(3)20(24)25(30,22(29)32-5)21(23)33-15(2)28/h7-10,14,19-21,30H,6,11-13H2,1-5H3/t19-,20+,21+,23+,24-,25+/m0/s1. The van der Waals surface area contributed by atoms with Gasteiger partial charge in [0.05, 0.1) is 20.3 Å². The van der Waals surface area contributed by atoms with Crippen LogP contribution in [-0.4, -0.2) is 80.1 Å². The Morgan fingerprint density at radius 2 is 2.00 bits per heavy atom. The molecule has 0 aromatic heterocycles. The molecule has 1 aliphatic carbocycles. The Morgan fingerprint density at radius 3 is 2.64 bits per heavy atom. The van der Waals surface area contributed by atoms with Crippen molar-refractivity contribution in [1.29, 1.82) is 0 Å². The maximum absolute atomic E-state index is 13.5. The van der Waals surface area contributed by atoms with Crippen LogP contribution in [0, 0.1) is 5.41 Å². The van der Waals surface area contributed by atoms with E-state index in [9.17, 15) is 14.7 Å². The Bertz CT molecular complexity index is 1040. The van der Waals surface area contributed by atoms with Crippen LogP contribution in [0.5, 0.6) is 5.75 Å². The number of fused-ring (bicyclic) bond motifs is 1. The third-order valence-corrected chi connectivity index (χ3v) is 8.62. The smallest absolute Gasteiger partial charge is 0.344 e. The summed E-state index contributed by atoms with van der Waals surface area (Å²) in [5, 5.41) is 12.5. The van der Waals surface area contributed by atoms with Gasteiger partial charge in [-0.05, 0) is 31.0 Å². The van der Waals surface area contributed by atoms with Gasteiger partial charge in [0, 0.05) is 49.1 Å². The van der Waals surface area contributed by atoms with E-state index in [1.807, 2.05) is 31.0 Å². The Morgan fingerprint density at radius 1 is 1.24 bits per heavy atom. The average Bonchev–Trinajstić information content (AvgIpc) is 3.32. The Balaban J connectivity index is 1.86. The van der Waals surface area contributed by atoms with Gasteiger partial charge in [-0.1, -0.05) is 25.1 Å². The fourth-order valence-electron chi connectivity index (χ4n) is 7.68. The van der Waals surface area contributed by atoms with E-state index in [2.05, 4.69) is 23.1 Å². The summed E-state index contributed by atoms with van der Waals surface area (Å²) in [7, 11) is 4.77. The Kier molecular flexibility index (Phi) is 4.85. The Hall–Kier alpha value is -2.58. The van der Waals surface area contributed by atoms with E-state index in [1.165, 1.54) is 14.0 Å². The molecule has 3 aliphatic heterocycles. The fraction of sp³-hybridized carbons (Fsp3) is 0.600. The van der Waals surface area contributed by atoms with Crippen molar-refractivity contribution in [3.63, 3.8) is 0 Å². The van der Waals surface area contributed by atoms with Crippen molar-refractivity contribution in [2.75, 3.05) is 39.3 Å². The van der Waals surface area contributed by atoms with Crippen molar-refractivity contribution < 1.29 is 28.9 Å². The van der Waals surface area contributed by atoms with E-state index in [4.69, 9.17) is 14.2 Å². The number of nitrogens with zero attached hydrogens (tertiary/aromatic N) is 2. The minimum Gasteiger partial charge on any atom is -0.497 e. The van der Waals surface area contributed by atoms with Gasteiger partial charge in [-0.15, -0.1) is 0 Å². The molecule has 1 N–H and O–H groups in total. The number of hydrogen-bond donors (Lipinski definition) is 1. The molecule has 8 nitrogen and oxygen atoms in total. The first-order valence-corrected chi connectivity index (χ1v) is 11.5. The normalized spacial score (nSPS) is 38.4. The second-order valence-corrected chi connectivity index (χ2v) is 9.76. The zero-order valence-electron chi connectivity index (χ0n) is 19.8. The van der Waals surface area contributed by atoms with Gasteiger partial charge >= 0.3 is 11.9 Å². The molecule has 8 heteroatoms. The molecule has 5 rings (SSSR count). The molecule has 33 heavy (non-hydrogen) atoms. The number of carbonyl (C=O) groups is 2. The van der Waals surface area contributed by atoms with Crippen LogP contribution in [0.4, 0.5) is 5.69 Å². The molecular formula is C25H32N2O6. The lowest BCUT2D eigenvalue weighted by molar-refractivity contribution is -0.228. The third-order valence-electron chi connectivity index (χ3n) is 8.62. The number of carbonyl (C=O) groups excluding carboxylic acids is 2. The topological polar surface area (TPSA) is 88.5 Å². The van der Waals surface area contributed by atoms with Crippen LogP contribution in [0.2, 0.25) is 0 Å². The minimum absolute atomic E-state index is 0.0589. The molecule has 0 amide bonds. The predicted molar refractivity (Wildman–Crippen MR) is 121 cm³/mol. The highest BCUT2D eigenvalue weighted by Gasteiger charge is 2.80. The highest BCUT2D eigenvalue weighted by molar-refractivity contribution is 5.87. The van der Waals surface area contributed by atoms with Gasteiger partial charge in [0.25, 0.3) is 0 Å². The van der Waals surface area contributed by atoms with Crippen molar-refractivity contribution in [2.45, 2.75) is 55.9 Å². The van der Waals surface area contributed by atoms with E-state index in [0.717, 1.165) is 30.8 Å². The Labute approximate surface area is 194 Å². The number of esters is 2. The average molecular weight is 457 g/mol. The first-order chi connectivity index (χ1) is 15.7. The quantitative estimate of drug-likeness (QED) is 0.541. The van der Waals surface area contributed by atoms with Crippen molar-refractivity contribution >= 4 is 17.6 Å². The zero-order valence-corrected chi connectivity index (χ0v) is 19.8. The van der Waals surface area contributed by atoms with Crippen LogP contribution in [0.15, 0.2) is 30.4 Å². The molecule has 0 unspecified atom stereocenters. The first kappa shape index (κ1) is 22.2. The third kappa shape index (κ3) is 2.48. The van der Waals surface area contributed by atoms with Crippen LogP contribution in [0.3, 0.4) is 0 Å². The summed E-state index contributed by atoms with van der Waals surface area (Å²) in [6.07, 6.45) is 4.40. The number of aliphatic hydroxyl groups is 1. The largest absolute Gasteiger partial charge is 0.497 e. The van der Waals surface area contributed by atoms with Gasteiger partial charge in [0.1, 0.15) is 5.75 Å². The van der Waals surface area contributed by atoms with E-state index in [-0.39, 0.29) is 6.04 Å². The van der Waals surface area contributed by atoms with Crippen LogP contribution in [0.25, 0.3) is 0 Å². The molecule has 4 aliphatic rings. The zero-order chi connectivity index (χ0) is 23.8. The van der Waals surface area contributed by atoms with Gasteiger partial charge in [0.2, 0.25) is 5.60 Å². The maximum atomic E-state index is 13.5. The maximum Gasteiger partial charge on any atom is 0.344 e. The summed E-state index contributed by atoms with van der Waals surface area (Å²) >= 11 is 0. The fourth-order valence-corrected chi connectivity index (χ4v) is 7.68. The molecule has 1 aromatic rings. The summed E-state index contributed by atoms with van der Waals surface area (Å²) in [5.74, 6) is -0.617. The lowest BCUT2D eigenvalue weighted by Crippen LogP contribution is -2.81. The van der Waals surface area contributed by atoms with Gasteiger partial charge in [-0.3, -0.25) is 9.69 Å². The number of benzene rings is 1. The lowest BCUT2D eigenvalue weighted by Gasteiger charge is -2.63. The summed E-state index contributed by atoms with van der Waals surface area (Å²) in [5.41, 5.74) is -1.41. The molecule has 178 valence electrons. The lowest BCUT2D eigenvalue weighted by atomic mass is 9.47. The minimum atomic E-state index is -2.08. The van der Waals surface area contributed by atoms with Crippen LogP contribution < -0.4 is 9.64 Å². The van der Waals surface area contributed by atoms with Crippen molar-refractivity contribution in [1.82, 2.24) is 4.90 Å². The second-order valence-electron chi connectivity index (χ2n) is 9.76. The van der Waals surface area contributed by atoms with Crippen molar-refractivity contribution in [3.8, 4) is 5.75 Å². The number of methoxy groups -OCH3 is 2. The van der Waals surface area contributed by atoms with Gasteiger partial charge < -0.3 is 24.2 Å². The highest BCUT2D eigenvalue weighted by Crippen LogP contribution is 2.67. The number of rotatable bonds is 4. The van der Waals surface area contributed by atoms with E-state index < -0.39 is 40.5 Å². The highest BCUT2D eigenvalue weighted by atomic mass is 16.6. The molecule has 0 radical (unpaired) electrons. The predicted octanol–water partition coefficient (Wildman–Crippen LogP) is 1.64. The number of anilines is 1.